The van der Waals surface area contributed by atoms with Gasteiger partial charge in [0.25, 0.3) is 0 Å². The van der Waals surface area contributed by atoms with Crippen LogP contribution < -0.4 is 9.47 Å². The van der Waals surface area contributed by atoms with E-state index in [1.165, 1.54) is 23.8 Å². The first-order chi connectivity index (χ1) is 11.2. The first-order valence-corrected chi connectivity index (χ1v) is 9.32. The molecule has 3 aromatic rings. The van der Waals surface area contributed by atoms with Gasteiger partial charge in [0.2, 0.25) is 6.79 Å². The van der Waals surface area contributed by atoms with Gasteiger partial charge in [0.05, 0.1) is 0 Å². The van der Waals surface area contributed by atoms with E-state index in [1.54, 1.807) is 0 Å². The van der Waals surface area contributed by atoms with Crippen molar-refractivity contribution in [2.75, 3.05) is 6.79 Å². The second-order valence-electron chi connectivity index (χ2n) is 5.25. The van der Waals surface area contributed by atoms with Gasteiger partial charge < -0.3 is 9.47 Å². The smallest absolute Gasteiger partial charge is 0.231 e. The normalized spacial score (nSPS) is 12.4. The fraction of sp³-hybridized carbons (Fsp3) is 0.0526. The summed E-state index contributed by atoms with van der Waals surface area (Å²) in [7, 11) is 0. The van der Waals surface area contributed by atoms with Crippen LogP contribution in [0, 0.1) is 7.14 Å². The van der Waals surface area contributed by atoms with E-state index in [1.807, 2.05) is 12.1 Å². The maximum absolute atomic E-state index is 5.52. The van der Waals surface area contributed by atoms with E-state index in [9.17, 15) is 0 Å². The molecule has 0 bridgehead atoms. The molecule has 0 amide bonds. The molecule has 1 heterocycles. The number of benzene rings is 3. The zero-order chi connectivity index (χ0) is 15.8. The lowest BCUT2D eigenvalue weighted by Crippen LogP contribution is -1.93. The minimum Gasteiger partial charge on any atom is -0.454 e. The highest BCUT2D eigenvalue weighted by Crippen LogP contribution is 2.39. The molecule has 2 nitrogen and oxygen atoms in total. The summed E-state index contributed by atoms with van der Waals surface area (Å²) in [5.41, 5.74) is 4.82. The lowest BCUT2D eigenvalue weighted by atomic mass is 9.99. The first kappa shape index (κ1) is 15.3. The molecule has 3 aromatic carbocycles. The summed E-state index contributed by atoms with van der Waals surface area (Å²) in [6, 6.07) is 21.1. The van der Waals surface area contributed by atoms with Gasteiger partial charge >= 0.3 is 0 Å². The third kappa shape index (κ3) is 2.94. The zero-order valence-corrected chi connectivity index (χ0v) is 16.4. The zero-order valence-electron chi connectivity index (χ0n) is 12.1. The fourth-order valence-corrected chi connectivity index (χ4v) is 3.91. The molecule has 0 unspecified atom stereocenters. The third-order valence-corrected chi connectivity index (χ3v) is 6.86. The molecule has 0 N–H and O–H groups in total. The molecule has 0 saturated carbocycles. The van der Waals surface area contributed by atoms with Crippen LogP contribution in [0.15, 0.2) is 60.7 Å². The summed E-state index contributed by atoms with van der Waals surface area (Å²) in [6.07, 6.45) is 0. The van der Waals surface area contributed by atoms with Crippen molar-refractivity contribution in [1.29, 1.82) is 0 Å². The van der Waals surface area contributed by atoms with Crippen LogP contribution in [0.5, 0.6) is 11.5 Å². The monoisotopic (exact) mass is 526 g/mol. The molecule has 0 spiro atoms. The summed E-state index contributed by atoms with van der Waals surface area (Å²) < 4.78 is 13.4. The number of halogens is 2. The minimum absolute atomic E-state index is 0.303. The molecule has 4 rings (SSSR count). The molecule has 0 aliphatic carbocycles. The highest BCUT2D eigenvalue weighted by atomic mass is 127. The average Bonchev–Trinajstić information content (AvgIpc) is 3.05. The van der Waals surface area contributed by atoms with E-state index >= 15 is 0 Å². The molecule has 0 radical (unpaired) electrons. The Balaban J connectivity index is 1.86. The number of fused-ring (bicyclic) bond motifs is 1. The van der Waals surface area contributed by atoms with Crippen molar-refractivity contribution >= 4 is 45.2 Å². The van der Waals surface area contributed by atoms with E-state index in [-0.39, 0.29) is 0 Å². The van der Waals surface area contributed by atoms with Crippen LogP contribution in [0.25, 0.3) is 22.3 Å². The van der Waals surface area contributed by atoms with Gasteiger partial charge in [-0.2, -0.15) is 0 Å². The van der Waals surface area contributed by atoms with Crippen molar-refractivity contribution in [1.82, 2.24) is 0 Å². The van der Waals surface area contributed by atoms with Gasteiger partial charge in [-0.15, -0.1) is 0 Å². The Bertz CT molecular complexity index is 876. The van der Waals surface area contributed by atoms with Crippen LogP contribution in [-0.2, 0) is 0 Å². The summed E-state index contributed by atoms with van der Waals surface area (Å²) in [5, 5.41) is 0. The average molecular weight is 526 g/mol. The SMILES string of the molecule is Ic1cc(-c2ccccc2)cc(-c2ccc3c(c2)OCO3)c1I. The Labute approximate surface area is 162 Å². The number of hydrogen-bond donors (Lipinski definition) is 0. The molecule has 1 aliphatic rings. The van der Waals surface area contributed by atoms with Crippen LogP contribution in [-0.4, -0.2) is 6.79 Å². The number of rotatable bonds is 2. The van der Waals surface area contributed by atoms with E-state index in [0.717, 1.165) is 17.1 Å². The van der Waals surface area contributed by atoms with Crippen molar-refractivity contribution in [2.45, 2.75) is 0 Å². The molecule has 0 fully saturated rings. The number of ether oxygens (including phenoxy) is 2. The topological polar surface area (TPSA) is 18.5 Å². The molecule has 114 valence electrons. The molecular weight excluding hydrogens is 514 g/mol. The minimum atomic E-state index is 0.303. The van der Waals surface area contributed by atoms with Crippen LogP contribution >= 0.6 is 45.2 Å². The highest BCUT2D eigenvalue weighted by molar-refractivity contribution is 14.1. The molecule has 0 atom stereocenters. The molecule has 0 saturated heterocycles. The van der Waals surface area contributed by atoms with Gasteiger partial charge in [-0.25, -0.2) is 0 Å². The Morgan fingerprint density at radius 3 is 2.30 bits per heavy atom. The van der Waals surface area contributed by atoms with Crippen molar-refractivity contribution in [3.05, 3.63) is 67.8 Å². The quantitative estimate of drug-likeness (QED) is 0.384. The molecule has 1 aliphatic heterocycles. The molecular formula is C19H12I2O2. The van der Waals surface area contributed by atoms with Gasteiger partial charge in [0.1, 0.15) is 0 Å². The summed E-state index contributed by atoms with van der Waals surface area (Å²) in [4.78, 5) is 0. The summed E-state index contributed by atoms with van der Waals surface area (Å²) in [6.45, 7) is 0.303. The van der Waals surface area contributed by atoms with E-state index in [0.29, 0.717) is 6.79 Å². The van der Waals surface area contributed by atoms with Crippen LogP contribution in [0.4, 0.5) is 0 Å². The van der Waals surface area contributed by atoms with Crippen molar-refractivity contribution in [2.24, 2.45) is 0 Å². The molecule has 4 heteroatoms. The van der Waals surface area contributed by atoms with E-state index < -0.39 is 0 Å². The van der Waals surface area contributed by atoms with Gasteiger partial charge in [-0.05, 0) is 91.7 Å². The van der Waals surface area contributed by atoms with Gasteiger partial charge in [-0.1, -0.05) is 36.4 Å². The van der Waals surface area contributed by atoms with Crippen molar-refractivity contribution < 1.29 is 9.47 Å². The molecule has 0 aromatic heterocycles. The van der Waals surface area contributed by atoms with Crippen LogP contribution in [0.2, 0.25) is 0 Å². The Kier molecular flexibility index (Phi) is 4.19. The highest BCUT2D eigenvalue weighted by Gasteiger charge is 2.16. The van der Waals surface area contributed by atoms with Crippen molar-refractivity contribution in [3.8, 4) is 33.8 Å². The molecule has 23 heavy (non-hydrogen) atoms. The van der Waals surface area contributed by atoms with Crippen molar-refractivity contribution in [3.63, 3.8) is 0 Å². The lowest BCUT2D eigenvalue weighted by molar-refractivity contribution is 0.174. The van der Waals surface area contributed by atoms with Gasteiger partial charge in [0.15, 0.2) is 11.5 Å². The van der Waals surface area contributed by atoms with Gasteiger partial charge in [-0.3, -0.25) is 0 Å². The summed E-state index contributed by atoms with van der Waals surface area (Å²) >= 11 is 4.82. The third-order valence-electron chi connectivity index (χ3n) is 3.82. The summed E-state index contributed by atoms with van der Waals surface area (Å²) in [5.74, 6) is 1.64. The maximum Gasteiger partial charge on any atom is 0.231 e. The second kappa shape index (κ2) is 6.32. The second-order valence-corrected chi connectivity index (χ2v) is 7.49. The van der Waals surface area contributed by atoms with Crippen LogP contribution in [0.3, 0.4) is 0 Å². The standard InChI is InChI=1S/C19H12I2O2/c20-16-9-14(12-4-2-1-3-5-12)8-15(19(16)21)13-6-7-17-18(10-13)23-11-22-17/h1-10H,11H2. The van der Waals surface area contributed by atoms with E-state index in [2.05, 4.69) is 93.7 Å². The Hall–Kier alpha value is -1.28. The van der Waals surface area contributed by atoms with E-state index in [4.69, 9.17) is 9.47 Å². The van der Waals surface area contributed by atoms with Crippen LogP contribution in [0.1, 0.15) is 0 Å². The van der Waals surface area contributed by atoms with Gasteiger partial charge in [0, 0.05) is 7.14 Å². The fourth-order valence-electron chi connectivity index (χ4n) is 2.66. The number of hydrogen-bond acceptors (Lipinski definition) is 2. The predicted octanol–water partition coefficient (Wildman–Crippen LogP) is 5.96. The Morgan fingerprint density at radius 2 is 1.48 bits per heavy atom. The first-order valence-electron chi connectivity index (χ1n) is 7.17. The Morgan fingerprint density at radius 1 is 0.696 bits per heavy atom. The maximum atomic E-state index is 5.52. The largest absolute Gasteiger partial charge is 0.454 e. The predicted molar refractivity (Wildman–Crippen MR) is 109 cm³/mol. The lowest BCUT2D eigenvalue weighted by Gasteiger charge is -2.11.